The van der Waals surface area contributed by atoms with Gasteiger partial charge in [-0.15, -0.1) is 11.8 Å². The van der Waals surface area contributed by atoms with Gasteiger partial charge < -0.3 is 18.9 Å². The monoisotopic (exact) mass is 422 g/mol. The molecule has 3 aromatic rings. The molecule has 0 bridgehead atoms. The Bertz CT molecular complexity index is 1020. The standard InChI is InChI=1S/C24H22O5S/c1-26-24(25)15-30-14-18-3-2-4-21(11-18)27-13-17-5-7-19(8-6-17)20-9-10-22-23(12-20)29-16-28-22/h2-12H,13-16H2,1H3. The minimum atomic E-state index is -0.211. The number of hydrogen-bond donors (Lipinski definition) is 0. The van der Waals surface area contributed by atoms with Gasteiger partial charge >= 0.3 is 5.97 Å². The fourth-order valence-corrected chi connectivity index (χ4v) is 3.87. The number of fused-ring (bicyclic) bond motifs is 1. The van der Waals surface area contributed by atoms with Crippen LogP contribution < -0.4 is 14.2 Å². The van der Waals surface area contributed by atoms with Gasteiger partial charge in [-0.3, -0.25) is 4.79 Å². The van der Waals surface area contributed by atoms with E-state index in [9.17, 15) is 4.79 Å². The molecule has 6 heteroatoms. The summed E-state index contributed by atoms with van der Waals surface area (Å²) in [5, 5.41) is 0. The van der Waals surface area contributed by atoms with Gasteiger partial charge in [0.15, 0.2) is 11.5 Å². The van der Waals surface area contributed by atoms with Crippen molar-refractivity contribution in [3.05, 3.63) is 77.9 Å². The van der Waals surface area contributed by atoms with Gasteiger partial charge in [-0.1, -0.05) is 42.5 Å². The summed E-state index contributed by atoms with van der Waals surface area (Å²) in [5.74, 6) is 3.25. The molecule has 1 heterocycles. The van der Waals surface area contributed by atoms with E-state index < -0.39 is 0 Å². The molecule has 154 valence electrons. The minimum absolute atomic E-state index is 0.211. The van der Waals surface area contributed by atoms with Crippen LogP contribution in [0.25, 0.3) is 11.1 Å². The van der Waals surface area contributed by atoms with Crippen LogP contribution in [0.4, 0.5) is 0 Å². The summed E-state index contributed by atoms with van der Waals surface area (Å²) in [6.07, 6.45) is 0. The van der Waals surface area contributed by atoms with E-state index in [0.717, 1.165) is 45.3 Å². The van der Waals surface area contributed by atoms with Gasteiger partial charge in [-0.05, 0) is 46.5 Å². The van der Waals surface area contributed by atoms with E-state index in [2.05, 4.69) is 29.0 Å². The van der Waals surface area contributed by atoms with E-state index in [-0.39, 0.29) is 12.8 Å². The molecule has 0 aliphatic carbocycles. The molecule has 0 amide bonds. The summed E-state index contributed by atoms with van der Waals surface area (Å²) in [7, 11) is 1.40. The first-order chi connectivity index (χ1) is 14.7. The molecule has 0 aromatic heterocycles. The number of rotatable bonds is 8. The van der Waals surface area contributed by atoms with Crippen molar-refractivity contribution in [2.75, 3.05) is 19.7 Å². The zero-order valence-electron chi connectivity index (χ0n) is 16.6. The molecule has 0 radical (unpaired) electrons. The molecule has 1 aliphatic rings. The van der Waals surface area contributed by atoms with E-state index in [1.807, 2.05) is 42.5 Å². The van der Waals surface area contributed by atoms with E-state index >= 15 is 0 Å². The third-order valence-corrected chi connectivity index (χ3v) is 5.66. The minimum Gasteiger partial charge on any atom is -0.489 e. The molecular weight excluding hydrogens is 400 g/mol. The van der Waals surface area contributed by atoms with Crippen LogP contribution in [-0.4, -0.2) is 25.6 Å². The van der Waals surface area contributed by atoms with Crippen LogP contribution >= 0.6 is 11.8 Å². The van der Waals surface area contributed by atoms with Crippen molar-refractivity contribution in [2.24, 2.45) is 0 Å². The van der Waals surface area contributed by atoms with Crippen LogP contribution in [0.5, 0.6) is 17.2 Å². The van der Waals surface area contributed by atoms with Crippen LogP contribution in [0.1, 0.15) is 11.1 Å². The van der Waals surface area contributed by atoms with Crippen LogP contribution in [0, 0.1) is 0 Å². The molecule has 0 spiro atoms. The van der Waals surface area contributed by atoms with Crippen molar-refractivity contribution < 1.29 is 23.7 Å². The molecule has 4 rings (SSSR count). The third-order valence-electron chi connectivity index (χ3n) is 4.68. The topological polar surface area (TPSA) is 54.0 Å². The van der Waals surface area contributed by atoms with Gasteiger partial charge in [0.25, 0.3) is 0 Å². The van der Waals surface area contributed by atoms with Gasteiger partial charge in [0.05, 0.1) is 12.9 Å². The number of carbonyl (C=O) groups is 1. The molecule has 0 fully saturated rings. The zero-order chi connectivity index (χ0) is 20.8. The van der Waals surface area contributed by atoms with Gasteiger partial charge in [-0.2, -0.15) is 0 Å². The smallest absolute Gasteiger partial charge is 0.315 e. The normalized spacial score (nSPS) is 11.9. The number of benzene rings is 3. The molecule has 0 saturated carbocycles. The van der Waals surface area contributed by atoms with E-state index in [0.29, 0.717) is 12.4 Å². The lowest BCUT2D eigenvalue weighted by atomic mass is 10.0. The summed E-state index contributed by atoms with van der Waals surface area (Å²) in [4.78, 5) is 11.2. The quantitative estimate of drug-likeness (QED) is 0.473. The van der Waals surface area contributed by atoms with Crippen LogP contribution in [-0.2, 0) is 21.9 Å². The van der Waals surface area contributed by atoms with Crippen LogP contribution in [0.2, 0.25) is 0 Å². The van der Waals surface area contributed by atoms with Gasteiger partial charge in [0, 0.05) is 5.75 Å². The van der Waals surface area contributed by atoms with Crippen molar-refractivity contribution in [2.45, 2.75) is 12.4 Å². The number of carbonyl (C=O) groups excluding carboxylic acids is 1. The second-order valence-electron chi connectivity index (χ2n) is 6.77. The Morgan fingerprint density at radius 3 is 2.57 bits per heavy atom. The predicted molar refractivity (Wildman–Crippen MR) is 117 cm³/mol. The SMILES string of the molecule is COC(=O)CSCc1cccc(OCc2ccc(-c3ccc4c(c3)OCO4)cc2)c1. The summed E-state index contributed by atoms with van der Waals surface area (Å²) < 4.78 is 21.4. The van der Waals surface area contributed by atoms with E-state index in [4.69, 9.17) is 14.2 Å². The molecule has 30 heavy (non-hydrogen) atoms. The Balaban J connectivity index is 1.33. The number of esters is 1. The maximum absolute atomic E-state index is 11.2. The Morgan fingerprint density at radius 2 is 1.73 bits per heavy atom. The Kier molecular flexibility index (Phi) is 6.44. The first-order valence-corrected chi connectivity index (χ1v) is 10.7. The number of thioether (sulfide) groups is 1. The number of hydrogen-bond acceptors (Lipinski definition) is 6. The lowest BCUT2D eigenvalue weighted by Gasteiger charge is -2.09. The lowest BCUT2D eigenvalue weighted by molar-refractivity contribution is -0.137. The Morgan fingerprint density at radius 1 is 0.933 bits per heavy atom. The maximum Gasteiger partial charge on any atom is 0.315 e. The second kappa shape index (κ2) is 9.59. The highest BCUT2D eigenvalue weighted by atomic mass is 32.2. The third kappa shape index (κ3) is 5.07. The molecule has 1 aliphatic heterocycles. The summed E-state index contributed by atoms with van der Waals surface area (Å²) in [6.45, 7) is 0.764. The summed E-state index contributed by atoms with van der Waals surface area (Å²) in [5.41, 5.74) is 4.40. The number of methoxy groups -OCH3 is 1. The summed E-state index contributed by atoms with van der Waals surface area (Å²) >= 11 is 1.52. The molecule has 3 aromatic carbocycles. The van der Waals surface area contributed by atoms with E-state index in [1.54, 1.807) is 0 Å². The predicted octanol–water partition coefficient (Wildman–Crippen LogP) is 5.07. The fraction of sp³-hybridized carbons (Fsp3) is 0.208. The Hall–Kier alpha value is -3.12. The molecular formula is C24H22O5S. The average Bonchev–Trinajstić information content (AvgIpc) is 3.26. The van der Waals surface area contributed by atoms with Crippen molar-refractivity contribution in [3.8, 4) is 28.4 Å². The average molecular weight is 423 g/mol. The van der Waals surface area contributed by atoms with Gasteiger partial charge in [0.1, 0.15) is 12.4 Å². The molecule has 0 unspecified atom stereocenters. The molecule has 0 saturated heterocycles. The van der Waals surface area contributed by atoms with Crippen molar-refractivity contribution in [1.82, 2.24) is 0 Å². The highest BCUT2D eigenvalue weighted by Crippen LogP contribution is 2.35. The van der Waals surface area contributed by atoms with Crippen LogP contribution in [0.15, 0.2) is 66.7 Å². The molecule has 5 nitrogen and oxygen atoms in total. The second-order valence-corrected chi connectivity index (χ2v) is 7.76. The Labute approximate surface area is 179 Å². The highest BCUT2D eigenvalue weighted by molar-refractivity contribution is 7.99. The fourth-order valence-electron chi connectivity index (χ4n) is 3.07. The zero-order valence-corrected chi connectivity index (χ0v) is 17.4. The summed E-state index contributed by atoms with van der Waals surface area (Å²) in [6, 6.07) is 22.2. The maximum atomic E-state index is 11.2. The van der Waals surface area contributed by atoms with Crippen molar-refractivity contribution in [1.29, 1.82) is 0 Å². The van der Waals surface area contributed by atoms with Crippen molar-refractivity contribution in [3.63, 3.8) is 0 Å². The van der Waals surface area contributed by atoms with Crippen molar-refractivity contribution >= 4 is 17.7 Å². The van der Waals surface area contributed by atoms with Gasteiger partial charge in [0.2, 0.25) is 6.79 Å². The first kappa shape index (κ1) is 20.2. The van der Waals surface area contributed by atoms with Crippen LogP contribution in [0.3, 0.4) is 0 Å². The van der Waals surface area contributed by atoms with Gasteiger partial charge in [-0.25, -0.2) is 0 Å². The van der Waals surface area contributed by atoms with E-state index in [1.165, 1.54) is 18.9 Å². The molecule has 0 N–H and O–H groups in total. The molecule has 0 atom stereocenters. The first-order valence-electron chi connectivity index (χ1n) is 9.56. The highest BCUT2D eigenvalue weighted by Gasteiger charge is 2.13. The largest absolute Gasteiger partial charge is 0.489 e. The lowest BCUT2D eigenvalue weighted by Crippen LogP contribution is -2.03. The number of ether oxygens (including phenoxy) is 4.